The zero-order chi connectivity index (χ0) is 26.7. The van der Waals surface area contributed by atoms with Gasteiger partial charge in [-0.2, -0.15) is 0 Å². The average molecular weight is 509 g/mol. The van der Waals surface area contributed by atoms with E-state index in [9.17, 15) is 9.59 Å². The number of hydrogen-bond donors (Lipinski definition) is 0. The minimum atomic E-state index is -0.333. The predicted octanol–water partition coefficient (Wildman–Crippen LogP) is 8.18. The van der Waals surface area contributed by atoms with Crippen molar-refractivity contribution < 1.29 is 23.8 Å². The Kier molecular flexibility index (Phi) is 14.8. The normalized spacial score (nSPS) is 11.5. The molecule has 202 valence electrons. The van der Waals surface area contributed by atoms with E-state index in [2.05, 4.69) is 32.6 Å². The highest BCUT2D eigenvalue weighted by Crippen LogP contribution is 2.23. The Hall–Kier alpha value is -3.08. The van der Waals surface area contributed by atoms with Crippen LogP contribution >= 0.6 is 0 Å². The monoisotopic (exact) mass is 508 g/mol. The molecule has 0 N–H and O–H groups in total. The fourth-order valence-electron chi connectivity index (χ4n) is 3.82. The first-order valence-corrected chi connectivity index (χ1v) is 13.8. The smallest absolute Gasteiger partial charge is 0.338 e. The number of hydrogen-bond acceptors (Lipinski definition) is 5. The van der Waals surface area contributed by atoms with Gasteiger partial charge >= 0.3 is 11.9 Å². The maximum absolute atomic E-state index is 12.2. The molecule has 1 atom stereocenters. The molecule has 2 rings (SSSR count). The summed E-state index contributed by atoms with van der Waals surface area (Å²) in [7, 11) is 0. The molecule has 0 aromatic heterocycles. The summed E-state index contributed by atoms with van der Waals surface area (Å²) in [5.74, 6) is 0.656. The maximum Gasteiger partial charge on any atom is 0.338 e. The molecule has 37 heavy (non-hydrogen) atoms. The van der Waals surface area contributed by atoms with Gasteiger partial charge in [0.05, 0.1) is 25.4 Å². The molecule has 0 amide bonds. The lowest BCUT2D eigenvalue weighted by atomic mass is 10.0. The molecule has 5 nitrogen and oxygen atoms in total. The van der Waals surface area contributed by atoms with Crippen LogP contribution in [0.1, 0.15) is 88.4 Å². The second kappa shape index (κ2) is 18.2. The molecule has 0 unspecified atom stereocenters. The molecule has 0 saturated heterocycles. The summed E-state index contributed by atoms with van der Waals surface area (Å²) in [5.41, 5.74) is 2.72. The van der Waals surface area contributed by atoms with Crippen LogP contribution < -0.4 is 4.74 Å². The third-order valence-corrected chi connectivity index (χ3v) is 6.47. The van der Waals surface area contributed by atoms with Gasteiger partial charge in [-0.25, -0.2) is 9.59 Å². The molecule has 0 fully saturated rings. The highest BCUT2D eigenvalue weighted by Gasteiger charge is 2.09. The molecular formula is C32H44O5. The van der Waals surface area contributed by atoms with Crippen LogP contribution in [0.25, 0.3) is 11.1 Å². The van der Waals surface area contributed by atoms with E-state index < -0.39 is 0 Å². The zero-order valence-electron chi connectivity index (χ0n) is 22.7. The Morgan fingerprint density at radius 3 is 1.81 bits per heavy atom. The molecule has 0 aliphatic heterocycles. The highest BCUT2D eigenvalue weighted by atomic mass is 16.5. The lowest BCUT2D eigenvalue weighted by Gasteiger charge is -2.10. The van der Waals surface area contributed by atoms with Gasteiger partial charge in [-0.05, 0) is 54.2 Å². The Morgan fingerprint density at radius 2 is 1.27 bits per heavy atom. The molecule has 2 aromatic rings. The molecule has 0 aliphatic rings. The molecule has 0 spiro atoms. The summed E-state index contributed by atoms with van der Waals surface area (Å²) < 4.78 is 16.3. The van der Waals surface area contributed by atoms with E-state index in [1.807, 2.05) is 36.4 Å². The molecule has 0 radical (unpaired) electrons. The summed E-state index contributed by atoms with van der Waals surface area (Å²) in [5, 5.41) is 0. The molecule has 2 aromatic carbocycles. The van der Waals surface area contributed by atoms with Gasteiger partial charge in [0.25, 0.3) is 0 Å². The van der Waals surface area contributed by atoms with Gasteiger partial charge in [-0.1, -0.05) is 96.1 Å². The summed E-state index contributed by atoms with van der Waals surface area (Å²) in [6.07, 6.45) is 12.7. The number of ether oxygens (including phenoxy) is 3. The average Bonchev–Trinajstić information content (AvgIpc) is 2.94. The van der Waals surface area contributed by atoms with Gasteiger partial charge in [0.1, 0.15) is 5.75 Å². The van der Waals surface area contributed by atoms with Crippen LogP contribution in [0.4, 0.5) is 0 Å². The van der Waals surface area contributed by atoms with Crippen LogP contribution in [-0.2, 0) is 14.3 Å². The van der Waals surface area contributed by atoms with Crippen molar-refractivity contribution in [2.24, 2.45) is 5.92 Å². The Morgan fingerprint density at radius 1 is 0.757 bits per heavy atom. The lowest BCUT2D eigenvalue weighted by Crippen LogP contribution is -2.11. The van der Waals surface area contributed by atoms with E-state index in [0.29, 0.717) is 24.7 Å². The van der Waals surface area contributed by atoms with Crippen LogP contribution in [0.5, 0.6) is 5.75 Å². The Bertz CT molecular complexity index is 917. The van der Waals surface area contributed by atoms with Gasteiger partial charge in [-0.3, -0.25) is 0 Å². The standard InChI is InChI=1S/C32H44O5/c1-4-26(3)25-37-32(34)29-17-15-27(16-18-29)28-19-21-30(22-20-28)35-23-13-11-9-7-6-8-10-12-14-24-36-31(33)5-2/h5,15-22,26H,2,4,6-14,23-25H2,1,3H3/t26-/m0/s1. The van der Waals surface area contributed by atoms with Crippen molar-refractivity contribution in [2.75, 3.05) is 19.8 Å². The fraction of sp³-hybridized carbons (Fsp3) is 0.500. The van der Waals surface area contributed by atoms with Crippen LogP contribution in [0, 0.1) is 5.92 Å². The third-order valence-electron chi connectivity index (χ3n) is 6.47. The lowest BCUT2D eigenvalue weighted by molar-refractivity contribution is -0.137. The Balaban J connectivity index is 1.55. The van der Waals surface area contributed by atoms with Crippen molar-refractivity contribution in [3.8, 4) is 16.9 Å². The summed E-state index contributed by atoms with van der Waals surface area (Å²) in [6, 6.07) is 15.7. The Labute approximate surface area is 223 Å². The largest absolute Gasteiger partial charge is 0.494 e. The van der Waals surface area contributed by atoms with Gasteiger partial charge < -0.3 is 14.2 Å². The first-order chi connectivity index (χ1) is 18.0. The van der Waals surface area contributed by atoms with Crippen molar-refractivity contribution in [2.45, 2.75) is 78.1 Å². The molecule has 0 heterocycles. The van der Waals surface area contributed by atoms with E-state index in [1.165, 1.54) is 44.6 Å². The van der Waals surface area contributed by atoms with Gasteiger partial charge in [-0.15, -0.1) is 0 Å². The van der Waals surface area contributed by atoms with Gasteiger partial charge in [0.15, 0.2) is 0 Å². The van der Waals surface area contributed by atoms with Crippen molar-refractivity contribution in [3.05, 3.63) is 66.7 Å². The number of benzene rings is 2. The van der Waals surface area contributed by atoms with Crippen LogP contribution in [-0.4, -0.2) is 31.8 Å². The van der Waals surface area contributed by atoms with E-state index in [-0.39, 0.29) is 11.9 Å². The van der Waals surface area contributed by atoms with E-state index in [1.54, 1.807) is 0 Å². The number of esters is 2. The molecular weight excluding hydrogens is 464 g/mol. The summed E-state index contributed by atoms with van der Waals surface area (Å²) in [4.78, 5) is 23.1. The number of rotatable bonds is 19. The maximum atomic E-state index is 12.2. The molecule has 0 bridgehead atoms. The zero-order valence-corrected chi connectivity index (χ0v) is 22.7. The number of carbonyl (C=O) groups is 2. The minimum absolute atomic E-state index is 0.267. The van der Waals surface area contributed by atoms with Crippen LogP contribution in [0.15, 0.2) is 61.2 Å². The topological polar surface area (TPSA) is 61.8 Å². The van der Waals surface area contributed by atoms with E-state index in [0.717, 1.165) is 49.2 Å². The number of unbranched alkanes of at least 4 members (excludes halogenated alkanes) is 8. The number of carbonyl (C=O) groups excluding carboxylic acids is 2. The third kappa shape index (κ3) is 12.6. The van der Waals surface area contributed by atoms with Crippen molar-refractivity contribution in [1.29, 1.82) is 0 Å². The van der Waals surface area contributed by atoms with Crippen LogP contribution in [0.3, 0.4) is 0 Å². The highest BCUT2D eigenvalue weighted by molar-refractivity contribution is 5.90. The first kappa shape index (κ1) is 30.1. The van der Waals surface area contributed by atoms with Crippen molar-refractivity contribution in [1.82, 2.24) is 0 Å². The van der Waals surface area contributed by atoms with Gasteiger partial charge in [0, 0.05) is 6.08 Å². The first-order valence-electron chi connectivity index (χ1n) is 13.8. The molecule has 0 saturated carbocycles. The van der Waals surface area contributed by atoms with E-state index in [4.69, 9.17) is 14.2 Å². The molecule has 0 aliphatic carbocycles. The predicted molar refractivity (Wildman–Crippen MR) is 150 cm³/mol. The fourth-order valence-corrected chi connectivity index (χ4v) is 3.82. The molecule has 5 heteroatoms. The minimum Gasteiger partial charge on any atom is -0.494 e. The summed E-state index contributed by atoms with van der Waals surface area (Å²) >= 11 is 0. The van der Waals surface area contributed by atoms with E-state index >= 15 is 0 Å². The second-order valence-electron chi connectivity index (χ2n) is 9.62. The SMILES string of the molecule is C=CC(=O)OCCCCCCCCCCCOc1ccc(-c2ccc(C(=O)OC[C@@H](C)CC)cc2)cc1. The van der Waals surface area contributed by atoms with Gasteiger partial charge in [0.2, 0.25) is 0 Å². The second-order valence-corrected chi connectivity index (χ2v) is 9.62. The summed E-state index contributed by atoms with van der Waals surface area (Å²) in [6.45, 7) is 9.24. The van der Waals surface area contributed by atoms with Crippen molar-refractivity contribution in [3.63, 3.8) is 0 Å². The van der Waals surface area contributed by atoms with Crippen molar-refractivity contribution >= 4 is 11.9 Å². The van der Waals surface area contributed by atoms with Crippen LogP contribution in [0.2, 0.25) is 0 Å². The quantitative estimate of drug-likeness (QED) is 0.109.